The van der Waals surface area contributed by atoms with E-state index in [0.29, 0.717) is 11.3 Å². The number of benzene rings is 3. The number of ether oxygens (including phenoxy) is 1. The van der Waals surface area contributed by atoms with E-state index in [-0.39, 0.29) is 18.0 Å². The normalized spacial score (nSPS) is 11.1. The second kappa shape index (κ2) is 9.73. The highest BCUT2D eigenvalue weighted by Gasteiger charge is 2.18. The summed E-state index contributed by atoms with van der Waals surface area (Å²) < 4.78 is 70.8. The van der Waals surface area contributed by atoms with Crippen LogP contribution in [-0.2, 0) is 21.4 Å². The smallest absolute Gasteiger partial charge is 0.262 e. The van der Waals surface area contributed by atoms with Crippen LogP contribution < -0.4 is 14.4 Å². The van der Waals surface area contributed by atoms with Crippen molar-refractivity contribution in [1.82, 2.24) is 0 Å². The first kappa shape index (κ1) is 23.1. The lowest BCUT2D eigenvalue weighted by Gasteiger charge is -2.22. The van der Waals surface area contributed by atoms with Gasteiger partial charge in [0.15, 0.2) is 6.61 Å². The molecule has 0 radical (unpaired) electrons. The van der Waals surface area contributed by atoms with Gasteiger partial charge in [0.1, 0.15) is 23.2 Å². The van der Waals surface area contributed by atoms with Crippen molar-refractivity contribution in [2.24, 2.45) is 0 Å². The molecule has 0 aromatic heterocycles. The number of carbonyl (C=O) groups is 1. The van der Waals surface area contributed by atoms with E-state index < -0.39 is 40.0 Å². The van der Waals surface area contributed by atoms with E-state index in [1.54, 1.807) is 0 Å². The Labute approximate surface area is 183 Å². The lowest BCUT2D eigenvalue weighted by Crippen LogP contribution is -2.29. The van der Waals surface area contributed by atoms with E-state index >= 15 is 0 Å². The molecule has 0 aliphatic carbocycles. The molecule has 3 aromatic rings. The van der Waals surface area contributed by atoms with E-state index in [9.17, 15) is 26.4 Å². The van der Waals surface area contributed by atoms with Crippen LogP contribution >= 0.6 is 0 Å². The van der Waals surface area contributed by atoms with Crippen LogP contribution in [0.15, 0.2) is 66.7 Å². The molecule has 168 valence electrons. The third-order valence-corrected chi connectivity index (χ3v) is 5.48. The minimum absolute atomic E-state index is 0.000915. The van der Waals surface area contributed by atoms with Crippen molar-refractivity contribution < 1.29 is 31.1 Å². The van der Waals surface area contributed by atoms with Crippen LogP contribution in [0, 0.1) is 17.5 Å². The van der Waals surface area contributed by atoms with E-state index in [2.05, 4.69) is 5.32 Å². The van der Waals surface area contributed by atoms with Crippen LogP contribution in [0.5, 0.6) is 5.75 Å². The van der Waals surface area contributed by atoms with Gasteiger partial charge in [-0.3, -0.25) is 9.10 Å². The maximum Gasteiger partial charge on any atom is 0.262 e. The Morgan fingerprint density at radius 2 is 1.56 bits per heavy atom. The summed E-state index contributed by atoms with van der Waals surface area (Å²) in [5.74, 6) is -2.35. The minimum atomic E-state index is -3.64. The molecule has 6 nitrogen and oxygen atoms in total. The fourth-order valence-corrected chi connectivity index (χ4v) is 3.68. The zero-order chi connectivity index (χ0) is 23.3. The molecule has 0 saturated heterocycles. The van der Waals surface area contributed by atoms with Crippen molar-refractivity contribution in [1.29, 1.82) is 0 Å². The highest BCUT2D eigenvalue weighted by atomic mass is 32.2. The number of amides is 1. The monoisotopic (exact) mass is 464 g/mol. The van der Waals surface area contributed by atoms with Crippen LogP contribution in [0.25, 0.3) is 0 Å². The summed E-state index contributed by atoms with van der Waals surface area (Å²) in [6.45, 7) is -0.471. The largest absolute Gasteiger partial charge is 0.484 e. The van der Waals surface area contributed by atoms with Gasteiger partial charge in [0, 0.05) is 6.07 Å². The fraction of sp³-hybridized carbons (Fsp3) is 0.136. The Kier molecular flexibility index (Phi) is 7.04. The topological polar surface area (TPSA) is 75.7 Å². The van der Waals surface area contributed by atoms with Gasteiger partial charge < -0.3 is 10.1 Å². The Hall–Kier alpha value is -3.53. The van der Waals surface area contributed by atoms with Gasteiger partial charge in [-0.15, -0.1) is 0 Å². The number of anilines is 2. The molecule has 32 heavy (non-hydrogen) atoms. The molecule has 3 aromatic carbocycles. The van der Waals surface area contributed by atoms with E-state index in [4.69, 9.17) is 4.74 Å². The van der Waals surface area contributed by atoms with Crippen molar-refractivity contribution in [3.05, 3.63) is 89.7 Å². The van der Waals surface area contributed by atoms with Crippen LogP contribution in [0.4, 0.5) is 24.5 Å². The first-order valence-electron chi connectivity index (χ1n) is 9.32. The number of rotatable bonds is 8. The fourth-order valence-electron chi connectivity index (χ4n) is 2.79. The molecular formula is C22H19F3N2O4S. The molecule has 0 spiro atoms. The summed E-state index contributed by atoms with van der Waals surface area (Å²) in [5.41, 5.74) is 0.632. The average molecular weight is 464 g/mol. The molecule has 0 fully saturated rings. The van der Waals surface area contributed by atoms with Gasteiger partial charge in [-0.05, 0) is 54.1 Å². The third kappa shape index (κ3) is 6.24. The Morgan fingerprint density at radius 3 is 2.19 bits per heavy atom. The van der Waals surface area contributed by atoms with Crippen LogP contribution in [0.3, 0.4) is 0 Å². The van der Waals surface area contributed by atoms with Crippen LogP contribution in [0.2, 0.25) is 0 Å². The van der Waals surface area contributed by atoms with Crippen molar-refractivity contribution >= 4 is 27.3 Å². The maximum absolute atomic E-state index is 13.6. The van der Waals surface area contributed by atoms with Gasteiger partial charge in [-0.1, -0.05) is 12.1 Å². The Balaban J connectivity index is 1.65. The van der Waals surface area contributed by atoms with Crippen molar-refractivity contribution in [3.8, 4) is 5.75 Å². The lowest BCUT2D eigenvalue weighted by atomic mass is 10.2. The van der Waals surface area contributed by atoms with Crippen molar-refractivity contribution in [2.45, 2.75) is 6.54 Å². The molecule has 1 amide bonds. The number of halogens is 3. The highest BCUT2D eigenvalue weighted by molar-refractivity contribution is 7.92. The van der Waals surface area contributed by atoms with Gasteiger partial charge >= 0.3 is 0 Å². The summed E-state index contributed by atoms with van der Waals surface area (Å²) in [6, 6.07) is 14.1. The van der Waals surface area contributed by atoms with E-state index in [1.165, 1.54) is 48.5 Å². The van der Waals surface area contributed by atoms with Gasteiger partial charge in [0.2, 0.25) is 10.0 Å². The highest BCUT2D eigenvalue weighted by Crippen LogP contribution is 2.24. The molecule has 1 N–H and O–H groups in total. The number of hydrogen-bond donors (Lipinski definition) is 1. The molecular weight excluding hydrogens is 445 g/mol. The minimum Gasteiger partial charge on any atom is -0.484 e. The summed E-state index contributed by atoms with van der Waals surface area (Å²) in [4.78, 5) is 11.9. The van der Waals surface area contributed by atoms with Gasteiger partial charge in [-0.25, -0.2) is 21.6 Å². The molecule has 0 saturated carbocycles. The first-order chi connectivity index (χ1) is 15.1. The van der Waals surface area contributed by atoms with Crippen molar-refractivity contribution in [3.63, 3.8) is 0 Å². The molecule has 0 unspecified atom stereocenters. The number of nitrogens with one attached hydrogen (secondary N) is 1. The second-order valence-corrected chi connectivity index (χ2v) is 8.76. The zero-order valence-electron chi connectivity index (χ0n) is 16.9. The molecule has 10 heteroatoms. The average Bonchev–Trinajstić information content (AvgIpc) is 2.74. The standard InChI is InChI=1S/C22H19F3N2O4S/c1-32(29,30)27(13-15-2-4-16(23)5-3-15)18-7-9-19(10-8-18)31-14-22(28)26-21-12-17(24)6-11-20(21)25/h2-12H,13-14H2,1H3,(H,26,28). The SMILES string of the molecule is CS(=O)(=O)N(Cc1ccc(F)cc1)c1ccc(OCC(=O)Nc2cc(F)ccc2F)cc1. The summed E-state index contributed by atoms with van der Waals surface area (Å²) in [6.07, 6.45) is 1.05. The Morgan fingerprint density at radius 1 is 0.938 bits per heavy atom. The zero-order valence-corrected chi connectivity index (χ0v) is 17.7. The molecule has 0 atom stereocenters. The molecule has 0 aliphatic rings. The summed E-state index contributed by atoms with van der Waals surface area (Å²) in [5, 5.41) is 2.21. The van der Waals surface area contributed by atoms with Crippen molar-refractivity contribution in [2.75, 3.05) is 22.5 Å². The Bertz CT molecular complexity index is 1200. The first-order valence-corrected chi connectivity index (χ1v) is 11.2. The van der Waals surface area contributed by atoms with Gasteiger partial charge in [-0.2, -0.15) is 0 Å². The van der Waals surface area contributed by atoms with Crippen LogP contribution in [0.1, 0.15) is 5.56 Å². The number of sulfonamides is 1. The number of nitrogens with zero attached hydrogens (tertiary/aromatic N) is 1. The molecule has 0 bridgehead atoms. The third-order valence-electron chi connectivity index (χ3n) is 4.34. The van der Waals surface area contributed by atoms with Gasteiger partial charge in [0.05, 0.1) is 24.2 Å². The summed E-state index contributed by atoms with van der Waals surface area (Å²) in [7, 11) is -3.64. The second-order valence-electron chi connectivity index (χ2n) is 6.85. The predicted octanol–water partition coefficient (Wildman–Crippen LogP) is 4.09. The molecule has 3 rings (SSSR count). The summed E-state index contributed by atoms with van der Waals surface area (Å²) >= 11 is 0. The number of hydrogen-bond acceptors (Lipinski definition) is 4. The quantitative estimate of drug-likeness (QED) is 0.545. The van der Waals surface area contributed by atoms with Gasteiger partial charge in [0.25, 0.3) is 5.91 Å². The van der Waals surface area contributed by atoms with E-state index in [0.717, 1.165) is 28.8 Å². The lowest BCUT2D eigenvalue weighted by molar-refractivity contribution is -0.118. The predicted molar refractivity (Wildman–Crippen MR) is 114 cm³/mol. The molecule has 0 heterocycles. The maximum atomic E-state index is 13.6. The van der Waals surface area contributed by atoms with Crippen LogP contribution in [-0.4, -0.2) is 27.2 Å². The number of carbonyl (C=O) groups excluding carboxylic acids is 1. The molecule has 0 aliphatic heterocycles. The van der Waals surface area contributed by atoms with E-state index in [1.807, 2.05) is 0 Å².